The van der Waals surface area contributed by atoms with Crippen LogP contribution in [0.3, 0.4) is 0 Å². The summed E-state index contributed by atoms with van der Waals surface area (Å²) in [5.74, 6) is 1.35. The van der Waals surface area contributed by atoms with Crippen LogP contribution >= 0.6 is 0 Å². The molecule has 0 amide bonds. The molecule has 2 heterocycles. The van der Waals surface area contributed by atoms with E-state index in [4.69, 9.17) is 0 Å². The fourth-order valence-electron chi connectivity index (χ4n) is 1.28. The van der Waals surface area contributed by atoms with Crippen molar-refractivity contribution in [2.24, 2.45) is 0 Å². The number of fused-ring (bicyclic) bond motifs is 1. The molecular formula is C10H12N4OS. The first-order chi connectivity index (χ1) is 7.75. The van der Waals surface area contributed by atoms with E-state index in [1.54, 1.807) is 18.6 Å². The molecule has 0 fully saturated rings. The quantitative estimate of drug-likeness (QED) is 0.851. The van der Waals surface area contributed by atoms with Gasteiger partial charge in [-0.3, -0.25) is 9.19 Å². The smallest absolute Gasteiger partial charge is 0.180 e. The summed E-state index contributed by atoms with van der Waals surface area (Å²) in [5.41, 5.74) is 1.39. The van der Waals surface area contributed by atoms with Crippen LogP contribution < -0.4 is 5.32 Å². The average molecular weight is 236 g/mol. The lowest BCUT2D eigenvalue weighted by Crippen LogP contribution is -2.10. The Morgan fingerprint density at radius 3 is 2.94 bits per heavy atom. The molecule has 0 bridgehead atoms. The second-order valence-electron chi connectivity index (χ2n) is 3.30. The van der Waals surface area contributed by atoms with E-state index >= 15 is 0 Å². The van der Waals surface area contributed by atoms with Crippen LogP contribution in [0.1, 0.15) is 0 Å². The zero-order chi connectivity index (χ0) is 11.4. The van der Waals surface area contributed by atoms with E-state index in [-0.39, 0.29) is 0 Å². The minimum absolute atomic E-state index is 0.611. The predicted molar refractivity (Wildman–Crippen MR) is 64.8 cm³/mol. The van der Waals surface area contributed by atoms with E-state index in [1.807, 2.05) is 12.1 Å². The number of nitrogens with one attached hydrogen (secondary N) is 1. The van der Waals surface area contributed by atoms with Gasteiger partial charge in [-0.2, -0.15) is 0 Å². The van der Waals surface area contributed by atoms with Gasteiger partial charge in [0.05, 0.1) is 0 Å². The third-order valence-corrected chi connectivity index (χ3v) is 2.81. The van der Waals surface area contributed by atoms with Gasteiger partial charge in [0, 0.05) is 41.7 Å². The number of pyridine rings is 1. The monoisotopic (exact) mass is 236 g/mol. The van der Waals surface area contributed by atoms with Crippen molar-refractivity contribution in [1.29, 1.82) is 0 Å². The minimum Gasteiger partial charge on any atom is -0.369 e. The third kappa shape index (κ3) is 2.73. The third-order valence-electron chi connectivity index (χ3n) is 2.03. The van der Waals surface area contributed by atoms with Crippen molar-refractivity contribution < 1.29 is 4.21 Å². The van der Waals surface area contributed by atoms with E-state index in [2.05, 4.69) is 20.3 Å². The normalized spacial score (nSPS) is 12.6. The SMILES string of the molecule is CS(=O)CCNc1ccc2nccnc2n1. The highest BCUT2D eigenvalue weighted by atomic mass is 32.2. The molecule has 1 atom stereocenters. The van der Waals surface area contributed by atoms with Gasteiger partial charge in [-0.25, -0.2) is 9.97 Å². The molecule has 0 saturated heterocycles. The van der Waals surface area contributed by atoms with Gasteiger partial charge in [0.1, 0.15) is 11.3 Å². The second kappa shape index (κ2) is 4.98. The summed E-state index contributed by atoms with van der Waals surface area (Å²) in [7, 11) is -0.785. The lowest BCUT2D eigenvalue weighted by atomic mass is 10.4. The molecule has 0 aromatic carbocycles. The molecule has 1 unspecified atom stereocenters. The summed E-state index contributed by atoms with van der Waals surface area (Å²) < 4.78 is 10.9. The molecule has 1 N–H and O–H groups in total. The molecule has 2 aromatic heterocycles. The number of hydrogen-bond acceptors (Lipinski definition) is 5. The summed E-state index contributed by atoms with van der Waals surface area (Å²) in [5, 5.41) is 3.10. The van der Waals surface area contributed by atoms with Crippen LogP contribution in [0, 0.1) is 0 Å². The Labute approximate surface area is 95.8 Å². The van der Waals surface area contributed by atoms with E-state index < -0.39 is 10.8 Å². The van der Waals surface area contributed by atoms with Crippen LogP contribution in [0.2, 0.25) is 0 Å². The molecular weight excluding hydrogens is 224 g/mol. The molecule has 0 aliphatic carbocycles. The molecule has 84 valence electrons. The van der Waals surface area contributed by atoms with E-state index in [0.717, 1.165) is 11.3 Å². The molecule has 16 heavy (non-hydrogen) atoms. The van der Waals surface area contributed by atoms with Crippen LogP contribution in [0.5, 0.6) is 0 Å². The summed E-state index contributed by atoms with van der Waals surface area (Å²) >= 11 is 0. The molecule has 2 aromatic rings. The highest BCUT2D eigenvalue weighted by Gasteiger charge is 1.99. The first kappa shape index (κ1) is 10.9. The topological polar surface area (TPSA) is 67.8 Å². The van der Waals surface area contributed by atoms with Gasteiger partial charge in [-0.15, -0.1) is 0 Å². The van der Waals surface area contributed by atoms with Crippen LogP contribution in [0.4, 0.5) is 5.82 Å². The van der Waals surface area contributed by atoms with E-state index in [9.17, 15) is 4.21 Å². The maximum atomic E-state index is 10.9. The average Bonchev–Trinajstić information content (AvgIpc) is 2.28. The lowest BCUT2D eigenvalue weighted by molar-refractivity contribution is 0.687. The molecule has 0 aliphatic rings. The molecule has 2 rings (SSSR count). The Balaban J connectivity index is 2.10. The van der Waals surface area contributed by atoms with Crippen LogP contribution in [-0.4, -0.2) is 37.7 Å². The van der Waals surface area contributed by atoms with Gasteiger partial charge in [-0.1, -0.05) is 0 Å². The molecule has 0 spiro atoms. The second-order valence-corrected chi connectivity index (χ2v) is 4.85. The van der Waals surface area contributed by atoms with Gasteiger partial charge >= 0.3 is 0 Å². The van der Waals surface area contributed by atoms with Gasteiger partial charge in [-0.05, 0) is 12.1 Å². The lowest BCUT2D eigenvalue weighted by Gasteiger charge is -2.04. The number of nitrogens with zero attached hydrogens (tertiary/aromatic N) is 3. The van der Waals surface area contributed by atoms with E-state index in [0.29, 0.717) is 17.9 Å². The highest BCUT2D eigenvalue weighted by Crippen LogP contribution is 2.09. The van der Waals surface area contributed by atoms with Crippen molar-refractivity contribution in [1.82, 2.24) is 15.0 Å². The van der Waals surface area contributed by atoms with Crippen molar-refractivity contribution in [2.75, 3.05) is 23.9 Å². The summed E-state index contributed by atoms with van der Waals surface area (Å²) in [6.45, 7) is 0.641. The maximum Gasteiger partial charge on any atom is 0.180 e. The first-order valence-corrected chi connectivity index (χ1v) is 6.60. The van der Waals surface area contributed by atoms with Crippen LogP contribution in [0.25, 0.3) is 11.2 Å². The predicted octanol–water partition coefficient (Wildman–Crippen LogP) is 0.815. The zero-order valence-corrected chi connectivity index (χ0v) is 9.70. The summed E-state index contributed by atoms with van der Waals surface area (Å²) in [4.78, 5) is 12.5. The standard InChI is InChI=1S/C10H12N4OS/c1-16(15)7-6-12-9-3-2-8-10(14-9)13-5-4-11-8/h2-5H,6-7H2,1H3,(H,12,13,14). The van der Waals surface area contributed by atoms with Gasteiger partial charge in [0.2, 0.25) is 0 Å². The highest BCUT2D eigenvalue weighted by molar-refractivity contribution is 7.84. The molecule has 0 radical (unpaired) electrons. The van der Waals surface area contributed by atoms with Gasteiger partial charge < -0.3 is 5.32 Å². The van der Waals surface area contributed by atoms with Gasteiger partial charge in [0.15, 0.2) is 5.65 Å². The molecule has 0 saturated carbocycles. The molecule has 5 nitrogen and oxygen atoms in total. The number of rotatable bonds is 4. The Morgan fingerprint density at radius 2 is 2.12 bits per heavy atom. The largest absolute Gasteiger partial charge is 0.369 e. The maximum absolute atomic E-state index is 10.9. The number of hydrogen-bond donors (Lipinski definition) is 1. The fraction of sp³-hybridized carbons (Fsp3) is 0.300. The number of anilines is 1. The van der Waals surface area contributed by atoms with E-state index in [1.165, 1.54) is 0 Å². The molecule has 6 heteroatoms. The van der Waals surface area contributed by atoms with Crippen molar-refractivity contribution >= 4 is 27.8 Å². The first-order valence-electron chi connectivity index (χ1n) is 4.87. The molecule has 0 aliphatic heterocycles. The Morgan fingerprint density at radius 1 is 1.31 bits per heavy atom. The minimum atomic E-state index is -0.785. The Hall–Kier alpha value is -1.56. The van der Waals surface area contributed by atoms with Gasteiger partial charge in [0.25, 0.3) is 0 Å². The van der Waals surface area contributed by atoms with Crippen LogP contribution in [0.15, 0.2) is 24.5 Å². The Kier molecular flexibility index (Phi) is 3.40. The fourth-order valence-corrected chi connectivity index (χ4v) is 1.67. The van der Waals surface area contributed by atoms with Crippen LogP contribution in [-0.2, 0) is 10.8 Å². The zero-order valence-electron chi connectivity index (χ0n) is 8.88. The summed E-state index contributed by atoms with van der Waals surface area (Å²) in [6.07, 6.45) is 4.93. The number of aromatic nitrogens is 3. The summed E-state index contributed by atoms with van der Waals surface area (Å²) in [6, 6.07) is 3.70. The Bertz CT molecular complexity index is 517. The van der Waals surface area contributed by atoms with Crippen molar-refractivity contribution in [3.8, 4) is 0 Å². The van der Waals surface area contributed by atoms with Crippen molar-refractivity contribution in [3.05, 3.63) is 24.5 Å². The van der Waals surface area contributed by atoms with Crippen molar-refractivity contribution in [2.45, 2.75) is 0 Å². The van der Waals surface area contributed by atoms with Crippen molar-refractivity contribution in [3.63, 3.8) is 0 Å².